The number of nitrogens with zero attached hydrogens (tertiary/aromatic N) is 2. The summed E-state index contributed by atoms with van der Waals surface area (Å²) in [5.41, 5.74) is 14.1. The Balaban J connectivity index is 0.970. The van der Waals surface area contributed by atoms with Crippen LogP contribution in [0, 0.1) is 0 Å². The van der Waals surface area contributed by atoms with Gasteiger partial charge in [-0.15, -0.1) is 0 Å². The smallest absolute Gasteiger partial charge is 0.0541 e. The van der Waals surface area contributed by atoms with Gasteiger partial charge < -0.3 is 9.47 Å². The Kier molecular flexibility index (Phi) is 8.19. The van der Waals surface area contributed by atoms with E-state index in [2.05, 4.69) is 240 Å². The van der Waals surface area contributed by atoms with E-state index in [4.69, 9.17) is 0 Å². The van der Waals surface area contributed by atoms with E-state index in [1.54, 1.807) is 0 Å². The highest BCUT2D eigenvalue weighted by Crippen LogP contribution is 2.41. The quantitative estimate of drug-likeness (QED) is 0.148. The lowest BCUT2D eigenvalue weighted by molar-refractivity contribution is 1.18. The molecule has 0 saturated carbocycles. The first kappa shape index (κ1) is 33.6. The van der Waals surface area contributed by atoms with Crippen molar-refractivity contribution in [1.82, 2.24) is 4.57 Å². The first-order valence-electron chi connectivity index (χ1n) is 19.9. The summed E-state index contributed by atoms with van der Waals surface area (Å²) in [6, 6.07) is 83.6. The molecule has 2 nitrogen and oxygen atoms in total. The van der Waals surface area contributed by atoms with Crippen molar-refractivity contribution < 1.29 is 0 Å². The fraction of sp³-hybridized carbons (Fsp3) is 0. The Labute approximate surface area is 338 Å². The van der Waals surface area contributed by atoms with Gasteiger partial charge in [-0.1, -0.05) is 164 Å². The van der Waals surface area contributed by atoms with E-state index in [-0.39, 0.29) is 0 Å². The first-order valence-corrected chi connectivity index (χ1v) is 19.9. The zero-order valence-corrected chi connectivity index (χ0v) is 31.8. The van der Waals surface area contributed by atoms with Crippen molar-refractivity contribution in [3.05, 3.63) is 231 Å². The van der Waals surface area contributed by atoms with Gasteiger partial charge in [0.2, 0.25) is 0 Å². The summed E-state index contributed by atoms with van der Waals surface area (Å²) in [5, 5.41) is 7.62. The van der Waals surface area contributed by atoms with E-state index in [9.17, 15) is 0 Å². The number of aromatic nitrogens is 1. The topological polar surface area (TPSA) is 8.17 Å². The molecule has 0 fully saturated rings. The summed E-state index contributed by atoms with van der Waals surface area (Å²) >= 11 is 0. The van der Waals surface area contributed by atoms with Crippen molar-refractivity contribution in [2.75, 3.05) is 4.90 Å². The van der Waals surface area contributed by atoms with Crippen LogP contribution in [0.2, 0.25) is 0 Å². The molecule has 0 spiro atoms. The first-order chi connectivity index (χ1) is 28.8. The van der Waals surface area contributed by atoms with Crippen molar-refractivity contribution >= 4 is 60.4 Å². The van der Waals surface area contributed by atoms with Crippen LogP contribution < -0.4 is 4.90 Å². The van der Waals surface area contributed by atoms with Crippen LogP contribution in [-0.2, 0) is 0 Å². The van der Waals surface area contributed by atoms with Crippen LogP contribution in [-0.4, -0.2) is 4.57 Å². The normalized spacial score (nSPS) is 11.4. The van der Waals surface area contributed by atoms with E-state index in [0.29, 0.717) is 0 Å². The van der Waals surface area contributed by atoms with Gasteiger partial charge in [0.1, 0.15) is 0 Å². The molecule has 11 aromatic rings. The van der Waals surface area contributed by atoms with E-state index in [1.165, 1.54) is 76.7 Å². The molecular weight excluding hydrogens is 701 g/mol. The standard InChI is InChI=1S/C56H38N2/c1-2-13-39(14-3-1)43-16-12-17-48(37-43)57(46-35-29-42(30-36-46)54-38-44-15-4-5-18-49(44)50-19-6-7-20-51(50)54)45-31-25-40(26-32-45)41-27-33-47(34-28-41)58-55-23-10-8-21-52(55)53-22-9-11-24-56(53)58/h1-38H. The number of rotatable bonds is 7. The highest BCUT2D eigenvalue weighted by molar-refractivity contribution is 6.14. The van der Waals surface area contributed by atoms with Gasteiger partial charge in [-0.25, -0.2) is 0 Å². The Morgan fingerprint density at radius 2 is 0.759 bits per heavy atom. The number of benzene rings is 10. The van der Waals surface area contributed by atoms with Crippen LogP contribution >= 0.6 is 0 Å². The van der Waals surface area contributed by atoms with Crippen molar-refractivity contribution in [1.29, 1.82) is 0 Å². The van der Waals surface area contributed by atoms with Crippen LogP contribution in [0.4, 0.5) is 17.1 Å². The number of para-hydroxylation sites is 2. The van der Waals surface area contributed by atoms with Crippen LogP contribution in [0.3, 0.4) is 0 Å². The summed E-state index contributed by atoms with van der Waals surface area (Å²) in [4.78, 5) is 2.36. The average Bonchev–Trinajstić information content (AvgIpc) is 3.64. The van der Waals surface area contributed by atoms with E-state index in [1.807, 2.05) is 0 Å². The number of hydrogen-bond acceptors (Lipinski definition) is 1. The van der Waals surface area contributed by atoms with Crippen molar-refractivity contribution in [2.24, 2.45) is 0 Å². The summed E-state index contributed by atoms with van der Waals surface area (Å²) in [7, 11) is 0. The molecule has 0 N–H and O–H groups in total. The third kappa shape index (κ3) is 5.82. The molecule has 1 heterocycles. The molecule has 0 unspecified atom stereocenters. The molecule has 2 heteroatoms. The zero-order chi connectivity index (χ0) is 38.4. The maximum atomic E-state index is 2.37. The molecule has 0 aliphatic carbocycles. The minimum absolute atomic E-state index is 1.10. The highest BCUT2D eigenvalue weighted by Gasteiger charge is 2.16. The lowest BCUT2D eigenvalue weighted by Crippen LogP contribution is -2.10. The summed E-state index contributed by atoms with van der Waals surface area (Å²) in [6.45, 7) is 0. The Morgan fingerprint density at radius 1 is 0.276 bits per heavy atom. The largest absolute Gasteiger partial charge is 0.310 e. The number of anilines is 3. The second-order valence-corrected chi connectivity index (χ2v) is 15.0. The molecule has 0 aliphatic rings. The molecule has 1 aromatic heterocycles. The average molecular weight is 739 g/mol. The van der Waals surface area contributed by atoms with Gasteiger partial charge in [0.25, 0.3) is 0 Å². The molecule has 0 atom stereocenters. The maximum Gasteiger partial charge on any atom is 0.0541 e. The molecule has 58 heavy (non-hydrogen) atoms. The van der Waals surface area contributed by atoms with Crippen molar-refractivity contribution in [3.63, 3.8) is 0 Å². The molecule has 272 valence electrons. The molecule has 11 rings (SSSR count). The maximum absolute atomic E-state index is 2.37. The van der Waals surface area contributed by atoms with Crippen LogP contribution in [0.5, 0.6) is 0 Å². The Bertz CT molecular complexity index is 3200. The summed E-state index contributed by atoms with van der Waals surface area (Å²) < 4.78 is 2.37. The van der Waals surface area contributed by atoms with Gasteiger partial charge in [0, 0.05) is 33.5 Å². The predicted molar refractivity (Wildman–Crippen MR) is 247 cm³/mol. The Hall–Kier alpha value is -7.68. The molecule has 0 bridgehead atoms. The fourth-order valence-corrected chi connectivity index (χ4v) is 8.79. The highest BCUT2D eigenvalue weighted by atomic mass is 15.1. The summed E-state index contributed by atoms with van der Waals surface area (Å²) in [5.74, 6) is 0. The number of hydrogen-bond donors (Lipinski definition) is 0. The van der Waals surface area contributed by atoms with Crippen LogP contribution in [0.1, 0.15) is 0 Å². The predicted octanol–water partition coefficient (Wildman–Crippen LogP) is 15.6. The monoisotopic (exact) mass is 738 g/mol. The SMILES string of the molecule is c1ccc(-c2cccc(N(c3ccc(-c4ccc(-n5c6ccccc6c6ccccc65)cc4)cc3)c3ccc(-c4cc5ccccc5c5ccccc45)cc3)c2)cc1. The third-order valence-electron chi connectivity index (χ3n) is 11.6. The lowest BCUT2D eigenvalue weighted by Gasteiger charge is -2.26. The minimum atomic E-state index is 1.10. The van der Waals surface area contributed by atoms with E-state index in [0.717, 1.165) is 22.7 Å². The van der Waals surface area contributed by atoms with Gasteiger partial charge in [-0.2, -0.15) is 0 Å². The molecule has 0 saturated heterocycles. The van der Waals surface area contributed by atoms with E-state index < -0.39 is 0 Å². The van der Waals surface area contributed by atoms with Crippen molar-refractivity contribution in [3.8, 4) is 39.1 Å². The van der Waals surface area contributed by atoms with Crippen LogP contribution in [0.15, 0.2) is 231 Å². The van der Waals surface area contributed by atoms with Crippen molar-refractivity contribution in [2.45, 2.75) is 0 Å². The molecule has 10 aromatic carbocycles. The summed E-state index contributed by atoms with van der Waals surface area (Å²) in [6.07, 6.45) is 0. The van der Waals surface area contributed by atoms with Crippen LogP contribution in [0.25, 0.3) is 82.4 Å². The molecule has 0 amide bonds. The second kappa shape index (κ2) is 14.1. The van der Waals surface area contributed by atoms with Gasteiger partial charge in [0.15, 0.2) is 0 Å². The molecular formula is C56H38N2. The number of fused-ring (bicyclic) bond motifs is 6. The van der Waals surface area contributed by atoms with Gasteiger partial charge in [0.05, 0.1) is 11.0 Å². The van der Waals surface area contributed by atoms with Gasteiger partial charge >= 0.3 is 0 Å². The zero-order valence-electron chi connectivity index (χ0n) is 31.8. The Morgan fingerprint density at radius 3 is 1.41 bits per heavy atom. The second-order valence-electron chi connectivity index (χ2n) is 15.0. The third-order valence-corrected chi connectivity index (χ3v) is 11.6. The molecule has 0 aliphatic heterocycles. The van der Waals surface area contributed by atoms with Gasteiger partial charge in [-0.3, -0.25) is 0 Å². The fourth-order valence-electron chi connectivity index (χ4n) is 8.79. The van der Waals surface area contributed by atoms with E-state index >= 15 is 0 Å². The minimum Gasteiger partial charge on any atom is -0.310 e. The molecule has 0 radical (unpaired) electrons. The van der Waals surface area contributed by atoms with Gasteiger partial charge in [-0.05, 0) is 122 Å². The lowest BCUT2D eigenvalue weighted by atomic mass is 9.93.